The zero-order chi connectivity index (χ0) is 8.06. The normalized spacial score (nSPS) is 43.3. The molecule has 1 amide bonds. The number of β-lactam (4-membered cyclic amide) rings is 1. The van der Waals surface area contributed by atoms with Crippen molar-refractivity contribution in [2.24, 2.45) is 0 Å². The van der Waals surface area contributed by atoms with Crippen LogP contribution in [0.5, 0.6) is 0 Å². The Hall–Kier alpha value is 0.300. The molecule has 2 saturated heterocycles. The van der Waals surface area contributed by atoms with Gasteiger partial charge in [-0.1, -0.05) is 15.9 Å². The van der Waals surface area contributed by atoms with Crippen molar-refractivity contribution < 1.29 is 4.79 Å². The SMILES string of the molecule is CC1(Br)CS[C@@H]2CC(=O)N2C1. The van der Waals surface area contributed by atoms with Gasteiger partial charge in [0, 0.05) is 16.6 Å². The number of alkyl halides is 1. The van der Waals surface area contributed by atoms with E-state index in [4.69, 9.17) is 0 Å². The fraction of sp³-hybridized carbons (Fsp3) is 0.857. The first kappa shape index (κ1) is 7.92. The lowest BCUT2D eigenvalue weighted by Crippen LogP contribution is -2.59. The lowest BCUT2D eigenvalue weighted by molar-refractivity contribution is -0.142. The van der Waals surface area contributed by atoms with E-state index in [-0.39, 0.29) is 4.32 Å². The monoisotopic (exact) mass is 235 g/mol. The van der Waals surface area contributed by atoms with Crippen molar-refractivity contribution in [1.82, 2.24) is 4.90 Å². The van der Waals surface area contributed by atoms with Gasteiger partial charge in [-0.3, -0.25) is 4.79 Å². The van der Waals surface area contributed by atoms with Crippen LogP contribution in [0.15, 0.2) is 0 Å². The fourth-order valence-electron chi connectivity index (χ4n) is 1.43. The van der Waals surface area contributed by atoms with Crippen LogP contribution >= 0.6 is 27.7 Å². The Kier molecular flexibility index (Phi) is 1.72. The number of carbonyl (C=O) groups is 1. The maximum Gasteiger partial charge on any atom is 0.226 e. The van der Waals surface area contributed by atoms with E-state index in [1.165, 1.54) is 0 Å². The van der Waals surface area contributed by atoms with Crippen molar-refractivity contribution in [3.8, 4) is 0 Å². The average molecular weight is 236 g/mol. The van der Waals surface area contributed by atoms with Gasteiger partial charge < -0.3 is 4.90 Å². The molecule has 0 saturated carbocycles. The Morgan fingerprint density at radius 3 is 3.09 bits per heavy atom. The maximum absolute atomic E-state index is 11.0. The lowest BCUT2D eigenvalue weighted by Gasteiger charge is -2.48. The van der Waals surface area contributed by atoms with Crippen LogP contribution in [0.3, 0.4) is 0 Å². The Morgan fingerprint density at radius 2 is 2.55 bits per heavy atom. The van der Waals surface area contributed by atoms with Crippen molar-refractivity contribution >= 4 is 33.6 Å². The Morgan fingerprint density at radius 1 is 1.82 bits per heavy atom. The number of halogens is 1. The van der Waals surface area contributed by atoms with Gasteiger partial charge in [-0.2, -0.15) is 0 Å². The number of hydrogen-bond donors (Lipinski definition) is 0. The topological polar surface area (TPSA) is 20.3 Å². The van der Waals surface area contributed by atoms with E-state index in [1.54, 1.807) is 0 Å². The summed E-state index contributed by atoms with van der Waals surface area (Å²) >= 11 is 5.49. The van der Waals surface area contributed by atoms with Crippen molar-refractivity contribution in [3.05, 3.63) is 0 Å². The molecule has 2 aliphatic rings. The highest BCUT2D eigenvalue weighted by atomic mass is 79.9. The van der Waals surface area contributed by atoms with Crippen molar-refractivity contribution in [2.45, 2.75) is 23.0 Å². The van der Waals surface area contributed by atoms with Crippen LogP contribution in [0, 0.1) is 0 Å². The summed E-state index contributed by atoms with van der Waals surface area (Å²) in [5.41, 5.74) is 0. The van der Waals surface area contributed by atoms with Gasteiger partial charge in [-0.15, -0.1) is 11.8 Å². The summed E-state index contributed by atoms with van der Waals surface area (Å²) in [5.74, 6) is 1.43. The minimum atomic E-state index is 0.143. The number of amides is 1. The second kappa shape index (κ2) is 2.39. The zero-order valence-electron chi connectivity index (χ0n) is 6.34. The van der Waals surface area contributed by atoms with Gasteiger partial charge in [0.05, 0.1) is 11.8 Å². The molecule has 0 spiro atoms. The van der Waals surface area contributed by atoms with Crippen molar-refractivity contribution in [2.75, 3.05) is 12.3 Å². The van der Waals surface area contributed by atoms with Gasteiger partial charge in [-0.05, 0) is 6.92 Å². The molecule has 11 heavy (non-hydrogen) atoms. The molecular formula is C7H10BrNOS. The molecule has 0 aromatic rings. The van der Waals surface area contributed by atoms with Crippen LogP contribution in [-0.2, 0) is 4.79 Å². The summed E-state index contributed by atoms with van der Waals surface area (Å²) in [6, 6.07) is 0. The zero-order valence-corrected chi connectivity index (χ0v) is 8.74. The van der Waals surface area contributed by atoms with E-state index < -0.39 is 0 Å². The van der Waals surface area contributed by atoms with Crippen molar-refractivity contribution in [1.29, 1.82) is 0 Å². The van der Waals surface area contributed by atoms with E-state index in [2.05, 4.69) is 22.9 Å². The highest BCUT2D eigenvalue weighted by Crippen LogP contribution is 2.40. The number of carbonyl (C=O) groups excluding carboxylic acids is 1. The largest absolute Gasteiger partial charge is 0.329 e. The van der Waals surface area contributed by atoms with Crippen LogP contribution < -0.4 is 0 Å². The molecule has 2 nitrogen and oxygen atoms in total. The van der Waals surface area contributed by atoms with Crippen LogP contribution in [-0.4, -0.2) is 32.8 Å². The molecular weight excluding hydrogens is 226 g/mol. The summed E-state index contributed by atoms with van der Waals surface area (Å²) in [5, 5.41) is 0.494. The molecule has 2 atom stereocenters. The predicted octanol–water partition coefficient (Wildman–Crippen LogP) is 1.45. The first-order valence-corrected chi connectivity index (χ1v) is 5.53. The lowest BCUT2D eigenvalue weighted by atomic mass is 10.1. The number of rotatable bonds is 0. The second-order valence-corrected chi connectivity index (χ2v) is 6.49. The number of nitrogens with zero attached hydrogens (tertiary/aromatic N) is 1. The molecule has 0 aliphatic carbocycles. The van der Waals surface area contributed by atoms with Gasteiger partial charge >= 0.3 is 0 Å². The summed E-state index contributed by atoms with van der Waals surface area (Å²) in [6.45, 7) is 3.02. The van der Waals surface area contributed by atoms with Crippen LogP contribution in [0.2, 0.25) is 0 Å². The second-order valence-electron chi connectivity index (χ2n) is 3.40. The number of fused-ring (bicyclic) bond motifs is 1. The van der Waals surface area contributed by atoms with Crippen LogP contribution in [0.1, 0.15) is 13.3 Å². The van der Waals surface area contributed by atoms with Crippen LogP contribution in [0.25, 0.3) is 0 Å². The van der Waals surface area contributed by atoms with Crippen molar-refractivity contribution in [3.63, 3.8) is 0 Å². The molecule has 2 fully saturated rings. The number of thioether (sulfide) groups is 1. The molecule has 0 N–H and O–H groups in total. The first-order valence-electron chi connectivity index (χ1n) is 3.68. The predicted molar refractivity (Wildman–Crippen MR) is 49.9 cm³/mol. The molecule has 0 aromatic carbocycles. The van der Waals surface area contributed by atoms with Gasteiger partial charge in [-0.25, -0.2) is 0 Å². The summed E-state index contributed by atoms with van der Waals surface area (Å²) in [7, 11) is 0. The van der Waals surface area contributed by atoms with E-state index >= 15 is 0 Å². The highest BCUT2D eigenvalue weighted by molar-refractivity contribution is 9.10. The van der Waals surface area contributed by atoms with E-state index in [9.17, 15) is 4.79 Å². The van der Waals surface area contributed by atoms with Gasteiger partial charge in [0.25, 0.3) is 0 Å². The summed E-state index contributed by atoms with van der Waals surface area (Å²) in [6.07, 6.45) is 0.758. The third-order valence-corrected chi connectivity index (χ3v) is 4.61. The van der Waals surface area contributed by atoms with Gasteiger partial charge in [0.2, 0.25) is 5.91 Å². The highest BCUT2D eigenvalue weighted by Gasteiger charge is 2.44. The van der Waals surface area contributed by atoms with Gasteiger partial charge in [0.1, 0.15) is 0 Å². The molecule has 0 radical (unpaired) electrons. The number of hydrogen-bond acceptors (Lipinski definition) is 2. The summed E-state index contributed by atoms with van der Waals surface area (Å²) in [4.78, 5) is 13.0. The molecule has 2 rings (SSSR count). The maximum atomic E-state index is 11.0. The fourth-order valence-corrected chi connectivity index (χ4v) is 3.36. The quantitative estimate of drug-likeness (QED) is 0.468. The smallest absolute Gasteiger partial charge is 0.226 e. The Bertz CT molecular complexity index is 207. The third kappa shape index (κ3) is 1.31. The van der Waals surface area contributed by atoms with Crippen LogP contribution in [0.4, 0.5) is 0 Å². The summed E-state index contributed by atoms with van der Waals surface area (Å²) < 4.78 is 0.143. The molecule has 62 valence electrons. The minimum absolute atomic E-state index is 0.143. The average Bonchev–Trinajstić information content (AvgIpc) is 1.92. The molecule has 0 aromatic heterocycles. The molecule has 1 unspecified atom stereocenters. The Labute approximate surface area is 78.8 Å². The minimum Gasteiger partial charge on any atom is -0.329 e. The van der Waals surface area contributed by atoms with E-state index in [0.717, 1.165) is 18.7 Å². The third-order valence-electron chi connectivity index (χ3n) is 2.09. The van der Waals surface area contributed by atoms with E-state index in [0.29, 0.717) is 11.3 Å². The first-order chi connectivity index (χ1) is 5.08. The van der Waals surface area contributed by atoms with Gasteiger partial charge in [0.15, 0.2) is 0 Å². The molecule has 2 aliphatic heterocycles. The van der Waals surface area contributed by atoms with E-state index in [1.807, 2.05) is 16.7 Å². The molecule has 4 heteroatoms. The molecule has 2 heterocycles. The Balaban J connectivity index is 2.06. The standard InChI is InChI=1S/C7H10BrNOS/c1-7(8)3-9-5(10)2-6(9)11-4-7/h6H,2-4H2,1H3/t6-,7?/m1/s1. The molecule has 0 bridgehead atoms.